The van der Waals surface area contributed by atoms with Crippen molar-refractivity contribution in [2.45, 2.75) is 58.9 Å². The summed E-state index contributed by atoms with van der Waals surface area (Å²) >= 11 is 0. The maximum Gasteiger partial charge on any atom is 0.234 e. The smallest absolute Gasteiger partial charge is 0.234 e. The van der Waals surface area contributed by atoms with Crippen molar-refractivity contribution in [1.29, 1.82) is 0 Å². The molecule has 1 atom stereocenters. The lowest BCUT2D eigenvalue weighted by Crippen LogP contribution is -2.47. The molecule has 0 bridgehead atoms. The Morgan fingerprint density at radius 1 is 1.27 bits per heavy atom. The fraction of sp³-hybridized carbons (Fsp3) is 0.545. The van der Waals surface area contributed by atoms with Crippen LogP contribution in [0.25, 0.3) is 17.0 Å². The predicted octanol–water partition coefficient (Wildman–Crippen LogP) is 3.10. The molecule has 1 amide bonds. The highest BCUT2D eigenvalue weighted by molar-refractivity contribution is 5.78. The molecular formula is C22H30N6O2. The summed E-state index contributed by atoms with van der Waals surface area (Å²) in [5.74, 6) is 0.975. The highest BCUT2D eigenvalue weighted by Gasteiger charge is 2.29. The van der Waals surface area contributed by atoms with Crippen molar-refractivity contribution in [2.24, 2.45) is 0 Å². The number of amides is 1. The van der Waals surface area contributed by atoms with Crippen molar-refractivity contribution in [3.63, 3.8) is 0 Å². The lowest BCUT2D eigenvalue weighted by atomic mass is 9.91. The van der Waals surface area contributed by atoms with Gasteiger partial charge in [0, 0.05) is 36.3 Å². The van der Waals surface area contributed by atoms with E-state index in [2.05, 4.69) is 20.4 Å². The minimum atomic E-state index is -0.229. The fourth-order valence-corrected chi connectivity index (χ4v) is 4.22. The molecule has 8 nitrogen and oxygen atoms in total. The Bertz CT molecular complexity index is 1060. The zero-order valence-electron chi connectivity index (χ0n) is 18.4. The van der Waals surface area contributed by atoms with Crippen molar-refractivity contribution >= 4 is 11.6 Å². The Hall–Kier alpha value is -2.74. The molecule has 1 aliphatic rings. The number of likely N-dealkylation sites (tertiary alicyclic amines) is 1. The molecule has 160 valence electrons. The van der Waals surface area contributed by atoms with E-state index in [0.717, 1.165) is 54.2 Å². The van der Waals surface area contributed by atoms with E-state index < -0.39 is 0 Å². The van der Waals surface area contributed by atoms with Crippen LogP contribution in [-0.2, 0) is 4.79 Å². The van der Waals surface area contributed by atoms with Crippen LogP contribution < -0.4 is 5.32 Å². The van der Waals surface area contributed by atoms with Gasteiger partial charge in [0.05, 0.1) is 29.2 Å². The van der Waals surface area contributed by atoms with Gasteiger partial charge in [-0.25, -0.2) is 9.50 Å². The number of nitrogens with zero attached hydrogens (tertiary/aromatic N) is 5. The Balaban J connectivity index is 1.66. The van der Waals surface area contributed by atoms with Gasteiger partial charge in [-0.3, -0.25) is 9.69 Å². The van der Waals surface area contributed by atoms with Crippen LogP contribution in [0.15, 0.2) is 22.9 Å². The monoisotopic (exact) mass is 410 g/mol. The molecule has 0 radical (unpaired) electrons. The van der Waals surface area contributed by atoms with Crippen LogP contribution in [0, 0.1) is 13.8 Å². The number of hydrogen-bond acceptors (Lipinski definition) is 6. The molecule has 8 heteroatoms. The van der Waals surface area contributed by atoms with Crippen LogP contribution in [0.2, 0.25) is 0 Å². The number of carbonyl (C=O) groups is 1. The Labute approximate surface area is 176 Å². The van der Waals surface area contributed by atoms with Crippen LogP contribution >= 0.6 is 0 Å². The van der Waals surface area contributed by atoms with Gasteiger partial charge in [0.25, 0.3) is 0 Å². The SMILES string of the molecule is Cc1cc(-c2cnc3cc(C)nn3c2C2CCCN(CC(=O)NC(C)(C)C)C2)on1. The van der Waals surface area contributed by atoms with Crippen molar-refractivity contribution < 1.29 is 9.32 Å². The largest absolute Gasteiger partial charge is 0.356 e. The van der Waals surface area contributed by atoms with Crippen LogP contribution in [0.4, 0.5) is 0 Å². The molecule has 1 N–H and O–H groups in total. The maximum absolute atomic E-state index is 12.5. The molecule has 3 aromatic heterocycles. The normalized spacial score (nSPS) is 18.1. The zero-order valence-corrected chi connectivity index (χ0v) is 18.4. The van der Waals surface area contributed by atoms with Crippen LogP contribution in [-0.4, -0.2) is 55.7 Å². The zero-order chi connectivity index (χ0) is 21.5. The molecular weight excluding hydrogens is 380 g/mol. The standard InChI is InChI=1S/C22H30N6O2/c1-14-10-19-23-11-17(18-9-15(2)26-30-18)21(28(19)25-14)16-7-6-8-27(12-16)13-20(29)24-22(3,4)5/h9-11,16H,6-8,12-13H2,1-5H3,(H,24,29). The summed E-state index contributed by atoms with van der Waals surface area (Å²) in [5.41, 5.74) is 4.34. The molecule has 3 aromatic rings. The molecule has 0 aliphatic carbocycles. The van der Waals surface area contributed by atoms with Crippen molar-refractivity contribution in [3.8, 4) is 11.3 Å². The summed E-state index contributed by atoms with van der Waals surface area (Å²) in [5, 5.41) is 11.8. The van der Waals surface area contributed by atoms with Gasteiger partial charge in [-0.15, -0.1) is 0 Å². The minimum Gasteiger partial charge on any atom is -0.356 e. The highest BCUT2D eigenvalue weighted by Crippen LogP contribution is 2.34. The molecule has 0 spiro atoms. The Morgan fingerprint density at radius 3 is 2.77 bits per heavy atom. The molecule has 0 aromatic carbocycles. The first-order valence-corrected chi connectivity index (χ1v) is 10.5. The van der Waals surface area contributed by atoms with Gasteiger partial charge in [0.2, 0.25) is 5.91 Å². The number of hydrogen-bond donors (Lipinski definition) is 1. The van der Waals surface area contributed by atoms with Gasteiger partial charge in [0.15, 0.2) is 11.4 Å². The first-order valence-electron chi connectivity index (χ1n) is 10.5. The van der Waals surface area contributed by atoms with E-state index >= 15 is 0 Å². The molecule has 4 heterocycles. The minimum absolute atomic E-state index is 0.0593. The third-order valence-electron chi connectivity index (χ3n) is 5.31. The van der Waals surface area contributed by atoms with Crippen molar-refractivity contribution in [2.75, 3.05) is 19.6 Å². The number of piperidine rings is 1. The highest BCUT2D eigenvalue weighted by atomic mass is 16.5. The van der Waals surface area contributed by atoms with Gasteiger partial charge in [0.1, 0.15) is 0 Å². The molecule has 30 heavy (non-hydrogen) atoms. The van der Waals surface area contributed by atoms with Gasteiger partial charge >= 0.3 is 0 Å². The van der Waals surface area contributed by atoms with E-state index in [-0.39, 0.29) is 17.4 Å². The lowest BCUT2D eigenvalue weighted by molar-refractivity contribution is -0.123. The molecule has 1 aliphatic heterocycles. The molecule has 1 unspecified atom stereocenters. The van der Waals surface area contributed by atoms with Gasteiger partial charge in [-0.05, 0) is 54.0 Å². The number of fused-ring (bicyclic) bond motifs is 1. The average Bonchev–Trinajstić information content (AvgIpc) is 3.23. The lowest BCUT2D eigenvalue weighted by Gasteiger charge is -2.33. The van der Waals surface area contributed by atoms with Crippen LogP contribution in [0.1, 0.15) is 56.6 Å². The summed E-state index contributed by atoms with van der Waals surface area (Å²) in [7, 11) is 0. The molecule has 0 saturated carbocycles. The third kappa shape index (κ3) is 4.38. The fourth-order valence-electron chi connectivity index (χ4n) is 4.22. The third-order valence-corrected chi connectivity index (χ3v) is 5.31. The molecule has 1 fully saturated rings. The molecule has 4 rings (SSSR count). The van der Waals surface area contributed by atoms with E-state index in [9.17, 15) is 4.79 Å². The van der Waals surface area contributed by atoms with Gasteiger partial charge in [-0.2, -0.15) is 5.10 Å². The first-order chi connectivity index (χ1) is 14.2. The summed E-state index contributed by atoms with van der Waals surface area (Å²) in [6.45, 7) is 12.0. The number of rotatable bonds is 4. The molecule has 1 saturated heterocycles. The average molecular weight is 411 g/mol. The van der Waals surface area contributed by atoms with E-state index in [1.165, 1.54) is 0 Å². The summed E-state index contributed by atoms with van der Waals surface area (Å²) < 4.78 is 7.51. The number of nitrogens with one attached hydrogen (secondary N) is 1. The first kappa shape index (κ1) is 20.5. The van der Waals surface area contributed by atoms with E-state index in [1.54, 1.807) is 0 Å². The Morgan fingerprint density at radius 2 is 2.07 bits per heavy atom. The second-order valence-electron chi connectivity index (χ2n) is 9.32. The summed E-state index contributed by atoms with van der Waals surface area (Å²) in [6.07, 6.45) is 3.90. The topological polar surface area (TPSA) is 88.6 Å². The van der Waals surface area contributed by atoms with Gasteiger partial charge < -0.3 is 9.84 Å². The quantitative estimate of drug-likeness (QED) is 0.711. The number of aryl methyl sites for hydroxylation is 2. The van der Waals surface area contributed by atoms with E-state index in [0.29, 0.717) is 12.3 Å². The van der Waals surface area contributed by atoms with E-state index in [4.69, 9.17) is 9.62 Å². The Kier molecular flexibility index (Phi) is 5.36. The number of carbonyl (C=O) groups excluding carboxylic acids is 1. The predicted molar refractivity (Wildman–Crippen MR) is 114 cm³/mol. The van der Waals surface area contributed by atoms with Crippen molar-refractivity contribution in [3.05, 3.63) is 35.4 Å². The maximum atomic E-state index is 12.5. The van der Waals surface area contributed by atoms with Crippen molar-refractivity contribution in [1.82, 2.24) is 30.0 Å². The van der Waals surface area contributed by atoms with Gasteiger partial charge in [-0.1, -0.05) is 5.16 Å². The second kappa shape index (κ2) is 7.83. The summed E-state index contributed by atoms with van der Waals surface area (Å²) in [4.78, 5) is 19.3. The summed E-state index contributed by atoms with van der Waals surface area (Å²) in [6, 6.07) is 3.91. The second-order valence-corrected chi connectivity index (χ2v) is 9.32. The van der Waals surface area contributed by atoms with Crippen LogP contribution in [0.3, 0.4) is 0 Å². The number of aromatic nitrogens is 4. The van der Waals surface area contributed by atoms with Crippen LogP contribution in [0.5, 0.6) is 0 Å². The van der Waals surface area contributed by atoms with E-state index in [1.807, 2.05) is 57.5 Å².